The standard InChI is InChI=1S/C21H29N5OS.HI/c1-3-22-21(24-11-10-23-20(27)19-16(2)25-15-28-19)26-12-9-18(14-26)13-17-7-5-4-6-8-17;/h4-8,15,18H,3,9-14H2,1-2H3,(H,22,24)(H,23,27);1H. The number of hydrogen-bond acceptors (Lipinski definition) is 4. The molecule has 6 nitrogen and oxygen atoms in total. The number of nitrogens with one attached hydrogen (secondary N) is 2. The van der Waals surface area contributed by atoms with Crippen LogP contribution in [-0.4, -0.2) is 54.5 Å². The predicted octanol–water partition coefficient (Wildman–Crippen LogP) is 3.33. The fourth-order valence-electron chi connectivity index (χ4n) is 3.50. The minimum Gasteiger partial charge on any atom is -0.357 e. The summed E-state index contributed by atoms with van der Waals surface area (Å²) in [5.74, 6) is 1.53. The summed E-state index contributed by atoms with van der Waals surface area (Å²) in [6.07, 6.45) is 2.29. The van der Waals surface area contributed by atoms with E-state index in [0.717, 1.165) is 37.7 Å². The molecule has 1 fully saturated rings. The summed E-state index contributed by atoms with van der Waals surface area (Å²) in [5, 5.41) is 6.32. The number of guanidine groups is 1. The van der Waals surface area contributed by atoms with Crippen LogP contribution in [0.3, 0.4) is 0 Å². The third-order valence-electron chi connectivity index (χ3n) is 4.90. The molecule has 1 aliphatic heterocycles. The minimum atomic E-state index is -0.0655. The Morgan fingerprint density at radius 2 is 2.10 bits per heavy atom. The number of nitrogens with zero attached hydrogens (tertiary/aromatic N) is 3. The summed E-state index contributed by atoms with van der Waals surface area (Å²) in [5.41, 5.74) is 3.88. The van der Waals surface area contributed by atoms with Gasteiger partial charge in [0.2, 0.25) is 0 Å². The smallest absolute Gasteiger partial charge is 0.263 e. The molecule has 0 saturated carbocycles. The lowest BCUT2D eigenvalue weighted by Gasteiger charge is -2.21. The van der Waals surface area contributed by atoms with Crippen LogP contribution >= 0.6 is 35.3 Å². The predicted molar refractivity (Wildman–Crippen MR) is 130 cm³/mol. The SMILES string of the molecule is CCNC(=NCCNC(=O)c1scnc1C)N1CCC(Cc2ccccc2)C1.I. The van der Waals surface area contributed by atoms with Gasteiger partial charge in [-0.2, -0.15) is 0 Å². The quantitative estimate of drug-likeness (QED) is 0.251. The summed E-state index contributed by atoms with van der Waals surface area (Å²) in [6, 6.07) is 10.7. The first-order valence-electron chi connectivity index (χ1n) is 9.92. The topological polar surface area (TPSA) is 69.6 Å². The highest BCUT2D eigenvalue weighted by atomic mass is 127. The zero-order valence-electron chi connectivity index (χ0n) is 17.1. The van der Waals surface area contributed by atoms with Crippen LogP contribution in [0.25, 0.3) is 0 Å². The number of hydrogen-bond donors (Lipinski definition) is 2. The van der Waals surface area contributed by atoms with Gasteiger partial charge in [0, 0.05) is 26.2 Å². The van der Waals surface area contributed by atoms with E-state index in [4.69, 9.17) is 4.99 Å². The van der Waals surface area contributed by atoms with Gasteiger partial charge in [0.05, 0.1) is 17.7 Å². The molecule has 29 heavy (non-hydrogen) atoms. The van der Waals surface area contributed by atoms with Crippen LogP contribution in [0.5, 0.6) is 0 Å². The molecule has 8 heteroatoms. The van der Waals surface area contributed by atoms with Crippen LogP contribution in [0.1, 0.15) is 34.3 Å². The molecule has 0 bridgehead atoms. The van der Waals surface area contributed by atoms with Crippen molar-refractivity contribution in [3.8, 4) is 0 Å². The molecule has 3 rings (SSSR count). The van der Waals surface area contributed by atoms with E-state index in [0.29, 0.717) is 23.9 Å². The first kappa shape index (κ1) is 23.6. The van der Waals surface area contributed by atoms with Gasteiger partial charge in [-0.05, 0) is 38.2 Å². The maximum absolute atomic E-state index is 12.2. The lowest BCUT2D eigenvalue weighted by Crippen LogP contribution is -2.40. The monoisotopic (exact) mass is 527 g/mol. The molecule has 0 spiro atoms. The average Bonchev–Trinajstić information content (AvgIpc) is 3.34. The Labute approximate surface area is 194 Å². The number of thiazole rings is 1. The van der Waals surface area contributed by atoms with Gasteiger partial charge in [0.1, 0.15) is 4.88 Å². The third kappa shape index (κ3) is 6.95. The van der Waals surface area contributed by atoms with Gasteiger partial charge in [0.25, 0.3) is 5.91 Å². The Balaban J connectivity index is 0.00000300. The molecule has 158 valence electrons. The number of aliphatic imine (C=N–C) groups is 1. The first-order valence-corrected chi connectivity index (χ1v) is 10.8. The molecular formula is C21H30IN5OS. The van der Waals surface area contributed by atoms with Crippen molar-refractivity contribution in [2.75, 3.05) is 32.7 Å². The molecule has 0 radical (unpaired) electrons. The van der Waals surface area contributed by atoms with Gasteiger partial charge >= 0.3 is 0 Å². The fourth-order valence-corrected chi connectivity index (χ4v) is 4.21. The Morgan fingerprint density at radius 1 is 1.31 bits per heavy atom. The lowest BCUT2D eigenvalue weighted by atomic mass is 9.99. The maximum Gasteiger partial charge on any atom is 0.263 e. The molecule has 1 aliphatic rings. The molecule has 1 atom stereocenters. The number of aryl methyl sites for hydroxylation is 1. The van der Waals surface area contributed by atoms with Gasteiger partial charge in [0.15, 0.2) is 5.96 Å². The number of carbonyl (C=O) groups is 1. The van der Waals surface area contributed by atoms with E-state index in [1.807, 2.05) is 6.92 Å². The highest BCUT2D eigenvalue weighted by Gasteiger charge is 2.24. The average molecular weight is 527 g/mol. The van der Waals surface area contributed by atoms with Crippen molar-refractivity contribution in [2.24, 2.45) is 10.9 Å². The van der Waals surface area contributed by atoms with Crippen LogP contribution in [0, 0.1) is 12.8 Å². The summed E-state index contributed by atoms with van der Waals surface area (Å²) >= 11 is 1.37. The number of benzene rings is 1. The summed E-state index contributed by atoms with van der Waals surface area (Å²) in [6.45, 7) is 7.90. The van der Waals surface area contributed by atoms with E-state index in [2.05, 4.69) is 57.8 Å². The van der Waals surface area contributed by atoms with E-state index in [1.165, 1.54) is 23.3 Å². The zero-order chi connectivity index (χ0) is 19.8. The number of likely N-dealkylation sites (tertiary alicyclic amines) is 1. The summed E-state index contributed by atoms with van der Waals surface area (Å²) < 4.78 is 0. The second-order valence-corrected chi connectivity index (χ2v) is 7.90. The Hall–Kier alpha value is -1.68. The van der Waals surface area contributed by atoms with Crippen LogP contribution in [0.15, 0.2) is 40.8 Å². The zero-order valence-corrected chi connectivity index (χ0v) is 20.2. The van der Waals surface area contributed by atoms with E-state index in [1.54, 1.807) is 5.51 Å². The number of carbonyl (C=O) groups excluding carboxylic acids is 1. The van der Waals surface area contributed by atoms with E-state index < -0.39 is 0 Å². The van der Waals surface area contributed by atoms with Gasteiger partial charge in [-0.3, -0.25) is 9.79 Å². The Bertz CT molecular complexity index is 795. The number of aromatic nitrogens is 1. The van der Waals surface area contributed by atoms with Gasteiger partial charge in [-0.25, -0.2) is 4.98 Å². The highest BCUT2D eigenvalue weighted by Crippen LogP contribution is 2.20. The molecule has 2 aromatic rings. The molecule has 1 aromatic heterocycles. The van der Waals surface area contributed by atoms with Crippen molar-refractivity contribution in [3.05, 3.63) is 52.0 Å². The molecule has 0 aliphatic carbocycles. The molecular weight excluding hydrogens is 497 g/mol. The number of halogens is 1. The van der Waals surface area contributed by atoms with Crippen LogP contribution in [0.2, 0.25) is 0 Å². The number of rotatable bonds is 7. The normalized spacial score (nSPS) is 16.4. The first-order chi connectivity index (χ1) is 13.7. The van der Waals surface area contributed by atoms with Gasteiger partial charge < -0.3 is 15.5 Å². The van der Waals surface area contributed by atoms with Crippen molar-refractivity contribution >= 4 is 47.2 Å². The lowest BCUT2D eigenvalue weighted by molar-refractivity contribution is 0.0958. The van der Waals surface area contributed by atoms with E-state index in [-0.39, 0.29) is 29.9 Å². The number of amides is 1. The van der Waals surface area contributed by atoms with Gasteiger partial charge in [-0.1, -0.05) is 30.3 Å². The second-order valence-electron chi connectivity index (χ2n) is 7.05. The molecule has 2 heterocycles. The Morgan fingerprint density at radius 3 is 2.79 bits per heavy atom. The summed E-state index contributed by atoms with van der Waals surface area (Å²) in [4.78, 5) is 24.0. The third-order valence-corrected chi connectivity index (χ3v) is 5.83. The van der Waals surface area contributed by atoms with Crippen molar-refractivity contribution in [3.63, 3.8) is 0 Å². The van der Waals surface area contributed by atoms with Gasteiger partial charge in [-0.15, -0.1) is 35.3 Å². The second kappa shape index (κ2) is 12.1. The van der Waals surface area contributed by atoms with Crippen LogP contribution in [0.4, 0.5) is 0 Å². The highest BCUT2D eigenvalue weighted by molar-refractivity contribution is 14.0. The minimum absolute atomic E-state index is 0. The van der Waals surface area contributed by atoms with Crippen molar-refractivity contribution < 1.29 is 4.79 Å². The van der Waals surface area contributed by atoms with E-state index >= 15 is 0 Å². The molecule has 1 unspecified atom stereocenters. The molecule has 1 amide bonds. The fraction of sp³-hybridized carbons (Fsp3) is 0.476. The Kier molecular flexibility index (Phi) is 9.86. The maximum atomic E-state index is 12.2. The molecule has 1 saturated heterocycles. The van der Waals surface area contributed by atoms with E-state index in [9.17, 15) is 4.79 Å². The largest absolute Gasteiger partial charge is 0.357 e. The van der Waals surface area contributed by atoms with Crippen molar-refractivity contribution in [1.82, 2.24) is 20.5 Å². The van der Waals surface area contributed by atoms with Crippen molar-refractivity contribution in [1.29, 1.82) is 0 Å². The van der Waals surface area contributed by atoms with Crippen molar-refractivity contribution in [2.45, 2.75) is 26.7 Å². The molecule has 1 aromatic carbocycles. The van der Waals surface area contributed by atoms with Crippen LogP contribution < -0.4 is 10.6 Å². The van der Waals surface area contributed by atoms with Crippen LogP contribution in [-0.2, 0) is 6.42 Å². The summed E-state index contributed by atoms with van der Waals surface area (Å²) in [7, 11) is 0. The molecule has 2 N–H and O–H groups in total.